The van der Waals surface area contributed by atoms with E-state index in [1.54, 1.807) is 18.2 Å². The number of aromatic hydroxyl groups is 1. The monoisotopic (exact) mass is 416 g/mol. The lowest BCUT2D eigenvalue weighted by molar-refractivity contribution is 0.180. The zero-order chi connectivity index (χ0) is 21.0. The van der Waals surface area contributed by atoms with Crippen LogP contribution in [-0.4, -0.2) is 56.0 Å². The normalized spacial score (nSPS) is 16.4. The van der Waals surface area contributed by atoms with Gasteiger partial charge in [-0.2, -0.15) is 4.31 Å². The van der Waals surface area contributed by atoms with Gasteiger partial charge in [0.05, 0.1) is 12.0 Å². The van der Waals surface area contributed by atoms with Gasteiger partial charge in [-0.05, 0) is 43.7 Å². The highest BCUT2D eigenvalue weighted by molar-refractivity contribution is 7.89. The lowest BCUT2D eigenvalue weighted by Crippen LogP contribution is -2.48. The van der Waals surface area contributed by atoms with E-state index in [-0.39, 0.29) is 5.75 Å². The summed E-state index contributed by atoms with van der Waals surface area (Å²) < 4.78 is 32.5. The molecule has 1 fully saturated rings. The molecular weight excluding hydrogens is 388 g/mol. The summed E-state index contributed by atoms with van der Waals surface area (Å²) in [5.74, 6) is 0.576. The summed E-state index contributed by atoms with van der Waals surface area (Å²) in [6.45, 7) is 6.44. The maximum absolute atomic E-state index is 12.9. The minimum atomic E-state index is -3.48. The molecule has 0 bridgehead atoms. The van der Waals surface area contributed by atoms with E-state index in [0.29, 0.717) is 43.4 Å². The van der Waals surface area contributed by atoms with Gasteiger partial charge in [0.25, 0.3) is 0 Å². The van der Waals surface area contributed by atoms with Crippen molar-refractivity contribution in [2.45, 2.75) is 25.3 Å². The number of piperazine rings is 1. The van der Waals surface area contributed by atoms with Crippen molar-refractivity contribution < 1.29 is 18.3 Å². The highest BCUT2D eigenvalue weighted by atomic mass is 32.2. The number of benzene rings is 2. The van der Waals surface area contributed by atoms with Crippen LogP contribution in [0, 0.1) is 6.92 Å². The number of aryl methyl sites for hydroxylation is 1. The number of sulfonamides is 1. The van der Waals surface area contributed by atoms with E-state index in [1.807, 2.05) is 44.2 Å². The standard InChI is InChI=1S/C22H28N2O4S/c1-4-5-18-14-19(22(25)21(15-18)28-3)16-23-10-12-24(13-11-23)29(26,27)20-8-6-17(2)7-9-20/h4-9,14-15,25H,10-13,16H2,1-3H3/b5-4+. The topological polar surface area (TPSA) is 70.1 Å². The lowest BCUT2D eigenvalue weighted by atomic mass is 10.1. The van der Waals surface area contributed by atoms with E-state index >= 15 is 0 Å². The van der Waals surface area contributed by atoms with E-state index in [0.717, 1.165) is 16.7 Å². The number of hydrogen-bond acceptors (Lipinski definition) is 5. The summed E-state index contributed by atoms with van der Waals surface area (Å²) in [6.07, 6.45) is 3.89. The fraction of sp³-hybridized carbons (Fsp3) is 0.364. The predicted molar refractivity (Wildman–Crippen MR) is 115 cm³/mol. The number of phenols is 1. The molecule has 7 heteroatoms. The van der Waals surface area contributed by atoms with E-state index < -0.39 is 10.0 Å². The Bertz CT molecular complexity index is 977. The first-order valence-electron chi connectivity index (χ1n) is 9.67. The van der Waals surface area contributed by atoms with Crippen molar-refractivity contribution in [2.75, 3.05) is 33.3 Å². The van der Waals surface area contributed by atoms with Gasteiger partial charge in [-0.3, -0.25) is 4.90 Å². The largest absolute Gasteiger partial charge is 0.504 e. The Kier molecular flexibility index (Phi) is 6.62. The number of phenolic OH excluding ortho intramolecular Hbond substituents is 1. The second kappa shape index (κ2) is 8.98. The number of methoxy groups -OCH3 is 1. The number of ether oxygens (including phenoxy) is 1. The van der Waals surface area contributed by atoms with Gasteiger partial charge >= 0.3 is 0 Å². The van der Waals surface area contributed by atoms with Gasteiger partial charge in [-0.15, -0.1) is 0 Å². The highest BCUT2D eigenvalue weighted by Crippen LogP contribution is 2.33. The number of nitrogens with zero attached hydrogens (tertiary/aromatic N) is 2. The molecule has 0 atom stereocenters. The van der Waals surface area contributed by atoms with E-state index in [9.17, 15) is 13.5 Å². The molecule has 1 aliphatic heterocycles. The molecule has 0 aromatic heterocycles. The molecule has 2 aromatic rings. The average Bonchev–Trinajstić information content (AvgIpc) is 2.71. The van der Waals surface area contributed by atoms with Crippen LogP contribution in [0.2, 0.25) is 0 Å². The van der Waals surface area contributed by atoms with Gasteiger partial charge in [0.1, 0.15) is 0 Å². The maximum atomic E-state index is 12.9. The van der Waals surface area contributed by atoms with Crippen LogP contribution in [0.5, 0.6) is 11.5 Å². The molecule has 0 amide bonds. The average molecular weight is 417 g/mol. The molecule has 29 heavy (non-hydrogen) atoms. The molecule has 156 valence electrons. The van der Waals surface area contributed by atoms with Crippen LogP contribution in [-0.2, 0) is 16.6 Å². The van der Waals surface area contributed by atoms with Crippen molar-refractivity contribution in [1.82, 2.24) is 9.21 Å². The Morgan fingerprint density at radius 2 is 1.76 bits per heavy atom. The number of rotatable bonds is 6. The third-order valence-electron chi connectivity index (χ3n) is 5.14. The molecule has 0 saturated carbocycles. The van der Waals surface area contributed by atoms with E-state index in [4.69, 9.17) is 4.74 Å². The summed E-state index contributed by atoms with van der Waals surface area (Å²) in [6, 6.07) is 10.7. The zero-order valence-corrected chi connectivity index (χ0v) is 17.9. The second-order valence-corrected chi connectivity index (χ2v) is 9.16. The van der Waals surface area contributed by atoms with Gasteiger partial charge in [0, 0.05) is 38.3 Å². The van der Waals surface area contributed by atoms with Crippen molar-refractivity contribution in [3.63, 3.8) is 0 Å². The molecule has 1 N–H and O–H groups in total. The van der Waals surface area contributed by atoms with Crippen LogP contribution in [0.3, 0.4) is 0 Å². The minimum absolute atomic E-state index is 0.135. The maximum Gasteiger partial charge on any atom is 0.243 e. The molecule has 3 rings (SSSR count). The lowest BCUT2D eigenvalue weighted by Gasteiger charge is -2.34. The molecule has 0 aliphatic carbocycles. The van der Waals surface area contributed by atoms with Crippen molar-refractivity contribution in [3.05, 3.63) is 59.2 Å². The Morgan fingerprint density at radius 1 is 1.10 bits per heavy atom. The zero-order valence-electron chi connectivity index (χ0n) is 17.1. The molecule has 0 unspecified atom stereocenters. The Hall–Kier alpha value is -2.35. The SMILES string of the molecule is C/C=C/c1cc(CN2CCN(S(=O)(=O)c3ccc(C)cc3)CC2)c(O)c(OC)c1. The van der Waals surface area contributed by atoms with Crippen molar-refractivity contribution in [1.29, 1.82) is 0 Å². The Morgan fingerprint density at radius 3 is 2.34 bits per heavy atom. The van der Waals surface area contributed by atoms with Crippen LogP contribution in [0.4, 0.5) is 0 Å². The summed E-state index contributed by atoms with van der Waals surface area (Å²) in [5.41, 5.74) is 2.76. The molecule has 1 heterocycles. The van der Waals surface area contributed by atoms with Crippen LogP contribution in [0.25, 0.3) is 6.08 Å². The summed E-state index contributed by atoms with van der Waals surface area (Å²) in [7, 11) is -1.95. The molecule has 0 radical (unpaired) electrons. The molecule has 6 nitrogen and oxygen atoms in total. The molecule has 1 saturated heterocycles. The van der Waals surface area contributed by atoms with Gasteiger partial charge < -0.3 is 9.84 Å². The third-order valence-corrected chi connectivity index (χ3v) is 7.05. The summed E-state index contributed by atoms with van der Waals surface area (Å²) in [4.78, 5) is 2.48. The number of allylic oxidation sites excluding steroid dienone is 1. The molecular formula is C22H28N2O4S. The highest BCUT2D eigenvalue weighted by Gasteiger charge is 2.28. The Balaban J connectivity index is 1.70. The molecule has 0 spiro atoms. The van der Waals surface area contributed by atoms with Gasteiger partial charge in [0.2, 0.25) is 10.0 Å². The predicted octanol–water partition coefficient (Wildman–Crippen LogP) is 3.25. The summed E-state index contributed by atoms with van der Waals surface area (Å²) in [5, 5.41) is 10.5. The minimum Gasteiger partial charge on any atom is -0.504 e. The van der Waals surface area contributed by atoms with Crippen LogP contribution >= 0.6 is 0 Å². The first-order valence-corrected chi connectivity index (χ1v) is 11.1. The third kappa shape index (κ3) is 4.80. The quantitative estimate of drug-likeness (QED) is 0.783. The van der Waals surface area contributed by atoms with Crippen molar-refractivity contribution in [3.8, 4) is 11.5 Å². The van der Waals surface area contributed by atoms with Gasteiger partial charge in [-0.25, -0.2) is 8.42 Å². The van der Waals surface area contributed by atoms with E-state index in [2.05, 4.69) is 4.90 Å². The molecule has 1 aliphatic rings. The van der Waals surface area contributed by atoms with Crippen LogP contribution in [0.15, 0.2) is 47.4 Å². The van der Waals surface area contributed by atoms with Gasteiger partial charge in [0.15, 0.2) is 11.5 Å². The first-order chi connectivity index (χ1) is 13.8. The van der Waals surface area contributed by atoms with Crippen molar-refractivity contribution >= 4 is 16.1 Å². The Labute approximate surface area is 173 Å². The molecule has 2 aromatic carbocycles. The second-order valence-electron chi connectivity index (χ2n) is 7.22. The fourth-order valence-corrected chi connectivity index (χ4v) is 4.90. The van der Waals surface area contributed by atoms with Gasteiger partial charge in [-0.1, -0.05) is 29.8 Å². The number of hydrogen-bond donors (Lipinski definition) is 1. The fourth-order valence-electron chi connectivity index (χ4n) is 3.48. The van der Waals surface area contributed by atoms with Crippen LogP contribution < -0.4 is 4.74 Å². The smallest absolute Gasteiger partial charge is 0.243 e. The first kappa shape index (κ1) is 21.4. The summed E-state index contributed by atoms with van der Waals surface area (Å²) >= 11 is 0. The van der Waals surface area contributed by atoms with Crippen LogP contribution in [0.1, 0.15) is 23.6 Å². The van der Waals surface area contributed by atoms with Crippen molar-refractivity contribution in [2.24, 2.45) is 0 Å². The van der Waals surface area contributed by atoms with E-state index in [1.165, 1.54) is 11.4 Å².